The van der Waals surface area contributed by atoms with E-state index in [9.17, 15) is 4.79 Å². The molecule has 10 heavy (non-hydrogen) atoms. The third-order valence-corrected chi connectivity index (χ3v) is 0.801. The Bertz CT molecular complexity index is 143. The van der Waals surface area contributed by atoms with Gasteiger partial charge in [-0.3, -0.25) is 0 Å². The molecule has 0 aromatic rings. The molecule has 0 rings (SSSR count). The first-order valence-corrected chi connectivity index (χ1v) is 2.54. The van der Waals surface area contributed by atoms with Crippen LogP contribution in [0.5, 0.6) is 0 Å². The molecule has 1 radical (unpaired) electrons. The summed E-state index contributed by atoms with van der Waals surface area (Å²) in [6.07, 6.45) is 1.39. The van der Waals surface area contributed by atoms with Gasteiger partial charge in [0.25, 0.3) is 0 Å². The van der Waals surface area contributed by atoms with Crippen LogP contribution in [0.4, 0.5) is 0 Å². The molecule has 0 aliphatic rings. The summed E-state index contributed by atoms with van der Waals surface area (Å²) >= 11 is 0. The van der Waals surface area contributed by atoms with E-state index in [2.05, 4.69) is 6.92 Å². The lowest BCUT2D eigenvalue weighted by Crippen LogP contribution is -2.13. The van der Waals surface area contributed by atoms with Crippen LogP contribution >= 0.6 is 12.4 Å². The molecule has 0 spiro atoms. The zero-order valence-electron chi connectivity index (χ0n) is 5.70. The zero-order chi connectivity index (χ0) is 7.44. The fraction of sp³-hybridized carbons (Fsp3) is 0.333. The van der Waals surface area contributed by atoms with Gasteiger partial charge in [-0.25, -0.2) is 4.79 Å². The van der Waals surface area contributed by atoms with E-state index in [0.717, 1.165) is 0 Å². The highest BCUT2D eigenvalue weighted by atomic mass is 35.5. The second-order valence-corrected chi connectivity index (χ2v) is 1.82. The molecule has 59 valence electrons. The van der Waals surface area contributed by atoms with E-state index in [1.807, 2.05) is 0 Å². The second kappa shape index (κ2) is 5.26. The van der Waals surface area contributed by atoms with Crippen LogP contribution in [0.3, 0.4) is 0 Å². The zero-order valence-corrected chi connectivity index (χ0v) is 6.52. The average molecular weight is 165 g/mol. The van der Waals surface area contributed by atoms with Gasteiger partial charge in [0.1, 0.15) is 0 Å². The Labute approximate surface area is 66.3 Å². The molecule has 0 saturated carbocycles. The third-order valence-electron chi connectivity index (χ3n) is 0.801. The van der Waals surface area contributed by atoms with Crippen LogP contribution in [0.15, 0.2) is 11.6 Å². The number of aliphatic carboxylic acids is 1. The molecule has 0 aliphatic carbocycles. The Morgan fingerprint density at radius 2 is 2.20 bits per heavy atom. The van der Waals surface area contributed by atoms with Crippen LogP contribution in [-0.4, -0.2) is 17.1 Å². The molecule has 0 amide bonds. The number of hydrogen-bond donors (Lipinski definition) is 2. The van der Waals surface area contributed by atoms with Crippen molar-refractivity contribution in [1.82, 2.24) is 0 Å². The van der Waals surface area contributed by atoms with Gasteiger partial charge < -0.3 is 10.8 Å². The van der Waals surface area contributed by atoms with E-state index in [-0.39, 0.29) is 18.0 Å². The normalized spacial score (nSPS) is 13.7. The van der Waals surface area contributed by atoms with Crippen molar-refractivity contribution in [3.05, 3.63) is 18.6 Å². The summed E-state index contributed by atoms with van der Waals surface area (Å²) in [6, 6.07) is -0.430. The lowest BCUT2D eigenvalue weighted by molar-refractivity contribution is -0.132. The van der Waals surface area contributed by atoms with Gasteiger partial charge >= 0.3 is 5.97 Å². The Morgan fingerprint density at radius 3 is 2.30 bits per heavy atom. The van der Waals surface area contributed by atoms with Crippen molar-refractivity contribution in [2.75, 3.05) is 0 Å². The van der Waals surface area contributed by atoms with Crippen molar-refractivity contribution in [2.24, 2.45) is 5.73 Å². The second-order valence-electron chi connectivity index (χ2n) is 1.82. The number of carboxylic acid groups (broad SMARTS) is 1. The lowest BCUT2D eigenvalue weighted by atomic mass is 10.2. The minimum absolute atomic E-state index is 0. The maximum atomic E-state index is 10.1. The number of carbonyl (C=O) groups is 1. The van der Waals surface area contributed by atoms with E-state index in [1.165, 1.54) is 13.0 Å². The van der Waals surface area contributed by atoms with E-state index in [1.54, 1.807) is 0 Å². The van der Waals surface area contributed by atoms with Crippen LogP contribution < -0.4 is 5.73 Å². The minimum atomic E-state index is -0.950. The smallest absolute Gasteiger partial charge is 0.331 e. The predicted octanol–water partition coefficient (Wildman–Crippen LogP) is 0.600. The number of nitrogens with two attached hydrogens (primary N) is 1. The summed E-state index contributed by atoms with van der Waals surface area (Å²) in [5.74, 6) is -0.950. The van der Waals surface area contributed by atoms with Crippen molar-refractivity contribution in [3.63, 3.8) is 0 Å². The van der Waals surface area contributed by atoms with E-state index >= 15 is 0 Å². The molecule has 0 heterocycles. The van der Waals surface area contributed by atoms with Crippen molar-refractivity contribution in [1.29, 1.82) is 0 Å². The summed E-state index contributed by atoms with van der Waals surface area (Å²) in [7, 11) is 0. The molecule has 0 saturated heterocycles. The van der Waals surface area contributed by atoms with Gasteiger partial charge in [-0.2, -0.15) is 0 Å². The van der Waals surface area contributed by atoms with Gasteiger partial charge in [-0.15, -0.1) is 12.4 Å². The molecule has 1 atom stereocenters. The number of rotatable bonds is 2. The largest absolute Gasteiger partial charge is 0.478 e. The quantitative estimate of drug-likeness (QED) is 0.588. The number of hydrogen-bond acceptors (Lipinski definition) is 2. The molecule has 3 N–H and O–H groups in total. The molecule has 0 aromatic carbocycles. The monoisotopic (exact) mass is 164 g/mol. The van der Waals surface area contributed by atoms with E-state index in [0.29, 0.717) is 0 Å². The number of halogens is 1. The first-order valence-electron chi connectivity index (χ1n) is 2.54. The van der Waals surface area contributed by atoms with Crippen LogP contribution in [0.1, 0.15) is 6.92 Å². The maximum absolute atomic E-state index is 10.1. The average Bonchev–Trinajstić information content (AvgIpc) is 1.63. The first-order chi connectivity index (χ1) is 4.04. The van der Waals surface area contributed by atoms with Gasteiger partial charge in [0.05, 0.1) is 0 Å². The summed E-state index contributed by atoms with van der Waals surface area (Å²) in [5.41, 5.74) is 5.41. The fourth-order valence-electron chi connectivity index (χ4n) is 0.392. The minimum Gasteiger partial charge on any atom is -0.478 e. The van der Waals surface area contributed by atoms with E-state index < -0.39 is 12.0 Å². The topological polar surface area (TPSA) is 63.3 Å². The van der Waals surface area contributed by atoms with Crippen molar-refractivity contribution in [3.8, 4) is 0 Å². The molecule has 0 aliphatic heterocycles. The van der Waals surface area contributed by atoms with Gasteiger partial charge in [0.15, 0.2) is 0 Å². The predicted molar refractivity (Wildman–Crippen MR) is 42.0 cm³/mol. The van der Waals surface area contributed by atoms with Crippen LogP contribution in [0.2, 0.25) is 0 Å². The Balaban J connectivity index is 0. The van der Waals surface area contributed by atoms with Gasteiger partial charge in [-0.1, -0.05) is 6.08 Å². The van der Waals surface area contributed by atoms with E-state index in [4.69, 9.17) is 10.8 Å². The van der Waals surface area contributed by atoms with Crippen LogP contribution in [-0.2, 0) is 4.79 Å². The Kier molecular flexibility index (Phi) is 6.40. The van der Waals surface area contributed by atoms with Crippen molar-refractivity contribution in [2.45, 2.75) is 13.0 Å². The molecule has 1 unspecified atom stereocenters. The highest BCUT2D eigenvalue weighted by molar-refractivity contribution is 5.86. The van der Waals surface area contributed by atoms with Crippen molar-refractivity contribution < 1.29 is 9.90 Å². The molecular weight excluding hydrogens is 154 g/mol. The molecule has 4 heteroatoms. The van der Waals surface area contributed by atoms with Crippen molar-refractivity contribution >= 4 is 18.4 Å². The summed E-state index contributed by atoms with van der Waals surface area (Å²) in [4.78, 5) is 10.1. The molecule has 0 fully saturated rings. The Hall–Kier alpha value is -0.540. The Morgan fingerprint density at radius 1 is 1.80 bits per heavy atom. The summed E-state index contributed by atoms with van der Waals surface area (Å²) in [5, 5.41) is 8.28. The molecule has 3 nitrogen and oxygen atoms in total. The van der Waals surface area contributed by atoms with Gasteiger partial charge in [0.2, 0.25) is 0 Å². The highest BCUT2D eigenvalue weighted by Gasteiger charge is 1.98. The highest BCUT2D eigenvalue weighted by Crippen LogP contribution is 1.92. The summed E-state index contributed by atoms with van der Waals surface area (Å²) < 4.78 is 0. The lowest BCUT2D eigenvalue weighted by Gasteiger charge is -1.95. The molecule has 0 aromatic heterocycles. The number of carboxylic acids is 1. The fourth-order valence-corrected chi connectivity index (χ4v) is 0.392. The SMILES string of the molecule is Cl.[CH2]C(N)C=C(C)C(=O)O. The standard InChI is InChI=1S/C6H10NO2.ClH/c1-4(6(8)9)3-5(2)7;/h3,5H,2,7H2,1H3,(H,8,9);1H. The van der Waals surface area contributed by atoms with Gasteiger partial charge in [0, 0.05) is 11.6 Å². The third kappa shape index (κ3) is 5.59. The molecular formula is C6H11ClNO2. The maximum Gasteiger partial charge on any atom is 0.331 e. The molecule has 0 bridgehead atoms. The van der Waals surface area contributed by atoms with Crippen LogP contribution in [0, 0.1) is 6.92 Å². The summed E-state index contributed by atoms with van der Waals surface area (Å²) in [6.45, 7) is 4.88. The van der Waals surface area contributed by atoms with Gasteiger partial charge in [-0.05, 0) is 13.8 Å². The van der Waals surface area contributed by atoms with Crippen LogP contribution in [0.25, 0.3) is 0 Å². The first kappa shape index (κ1) is 12.2.